The van der Waals surface area contributed by atoms with Crippen LogP contribution in [0.5, 0.6) is 0 Å². The lowest BCUT2D eigenvalue weighted by Crippen LogP contribution is -2.27. The molecule has 3 rings (SSSR count). The quantitative estimate of drug-likeness (QED) is 0.787. The summed E-state index contributed by atoms with van der Waals surface area (Å²) in [4.78, 5) is 0.143. The van der Waals surface area contributed by atoms with E-state index in [1.54, 1.807) is 12.1 Å². The fraction of sp³-hybridized carbons (Fsp3) is 0.600. The van der Waals surface area contributed by atoms with E-state index in [4.69, 9.17) is 18.4 Å². The van der Waals surface area contributed by atoms with E-state index < -0.39 is 22.2 Å². The molecule has 2 saturated heterocycles. The van der Waals surface area contributed by atoms with E-state index in [9.17, 15) is 8.42 Å². The Morgan fingerprint density at radius 3 is 2.55 bits per heavy atom. The minimum Gasteiger partial charge on any atom is -0.344 e. The Hall–Kier alpha value is -0.990. The fourth-order valence-corrected chi connectivity index (χ4v) is 3.56. The van der Waals surface area contributed by atoms with Crippen LogP contribution in [0.25, 0.3) is 0 Å². The van der Waals surface area contributed by atoms with Gasteiger partial charge in [-0.2, -0.15) is 8.42 Å². The van der Waals surface area contributed by atoms with Gasteiger partial charge in [-0.3, -0.25) is 4.18 Å². The van der Waals surface area contributed by atoms with Crippen molar-refractivity contribution < 1.29 is 26.8 Å². The van der Waals surface area contributed by atoms with Gasteiger partial charge < -0.3 is 14.2 Å². The highest BCUT2D eigenvalue weighted by Crippen LogP contribution is 2.37. The van der Waals surface area contributed by atoms with Gasteiger partial charge in [0.15, 0.2) is 12.1 Å². The van der Waals surface area contributed by atoms with Gasteiger partial charge in [0, 0.05) is 6.42 Å². The number of ether oxygens (including phenoxy) is 3. The molecule has 0 spiro atoms. The lowest BCUT2D eigenvalue weighted by atomic mass is 10.2. The molecular weight excluding hydrogens is 308 g/mol. The number of benzene rings is 1. The molecule has 7 heteroatoms. The zero-order valence-corrected chi connectivity index (χ0v) is 13.6. The highest BCUT2D eigenvalue weighted by atomic mass is 32.2. The largest absolute Gasteiger partial charge is 0.344 e. The average molecular weight is 328 g/mol. The van der Waals surface area contributed by atoms with Crippen molar-refractivity contribution in [3.8, 4) is 0 Å². The van der Waals surface area contributed by atoms with Crippen LogP contribution in [0.4, 0.5) is 0 Å². The van der Waals surface area contributed by atoms with Crippen LogP contribution in [0, 0.1) is 6.92 Å². The maximum Gasteiger partial charge on any atom is 0.297 e. The Balaban J connectivity index is 1.57. The van der Waals surface area contributed by atoms with Crippen LogP contribution in [0.2, 0.25) is 0 Å². The SMILES string of the molecule is Cc1ccc(S(=O)(=O)OC[C@@H]2C[C@H]3OC(C)(C)O[C@H]3O2)cc1. The summed E-state index contributed by atoms with van der Waals surface area (Å²) in [6.45, 7) is 5.49. The summed E-state index contributed by atoms with van der Waals surface area (Å²) in [5.74, 6) is -0.658. The smallest absolute Gasteiger partial charge is 0.297 e. The third-order valence-corrected chi connectivity index (χ3v) is 4.98. The van der Waals surface area contributed by atoms with Crippen molar-refractivity contribution >= 4 is 10.1 Å². The predicted molar refractivity (Wildman–Crippen MR) is 77.6 cm³/mol. The van der Waals surface area contributed by atoms with E-state index >= 15 is 0 Å². The molecule has 0 aliphatic carbocycles. The van der Waals surface area contributed by atoms with Crippen LogP contribution in [0.3, 0.4) is 0 Å². The molecule has 22 heavy (non-hydrogen) atoms. The van der Waals surface area contributed by atoms with Gasteiger partial charge in [0.25, 0.3) is 10.1 Å². The molecule has 1 aromatic rings. The van der Waals surface area contributed by atoms with Gasteiger partial charge in [0.05, 0.1) is 17.6 Å². The molecule has 2 heterocycles. The Bertz CT molecular complexity index is 621. The Labute approximate surface area is 130 Å². The molecule has 2 aliphatic rings. The molecular formula is C15H20O6S. The first-order valence-corrected chi connectivity index (χ1v) is 8.63. The van der Waals surface area contributed by atoms with Crippen molar-refractivity contribution in [3.05, 3.63) is 29.8 Å². The maximum absolute atomic E-state index is 12.1. The van der Waals surface area contributed by atoms with E-state index in [0.29, 0.717) is 6.42 Å². The van der Waals surface area contributed by atoms with Gasteiger partial charge in [0.2, 0.25) is 0 Å². The molecule has 122 valence electrons. The summed E-state index contributed by atoms with van der Waals surface area (Å²) in [5, 5.41) is 0. The topological polar surface area (TPSA) is 71.1 Å². The molecule has 2 fully saturated rings. The normalized spacial score (nSPS) is 30.4. The van der Waals surface area contributed by atoms with Crippen LogP contribution in [0.1, 0.15) is 25.8 Å². The highest BCUT2D eigenvalue weighted by Gasteiger charge is 2.48. The molecule has 0 N–H and O–H groups in total. The van der Waals surface area contributed by atoms with Crippen molar-refractivity contribution in [2.24, 2.45) is 0 Å². The molecule has 0 amide bonds. The van der Waals surface area contributed by atoms with Crippen molar-refractivity contribution in [1.82, 2.24) is 0 Å². The summed E-state index contributed by atoms with van der Waals surface area (Å²) >= 11 is 0. The Morgan fingerprint density at radius 2 is 1.91 bits per heavy atom. The first-order valence-electron chi connectivity index (χ1n) is 7.22. The van der Waals surface area contributed by atoms with Crippen molar-refractivity contribution in [3.63, 3.8) is 0 Å². The number of rotatable bonds is 4. The number of hydrogen-bond acceptors (Lipinski definition) is 6. The Kier molecular flexibility index (Phi) is 4.03. The van der Waals surface area contributed by atoms with Gasteiger partial charge in [-0.25, -0.2) is 0 Å². The van der Waals surface area contributed by atoms with E-state index in [2.05, 4.69) is 0 Å². The lowest BCUT2D eigenvalue weighted by molar-refractivity contribution is -0.206. The van der Waals surface area contributed by atoms with Gasteiger partial charge >= 0.3 is 0 Å². The van der Waals surface area contributed by atoms with Gasteiger partial charge in [0.1, 0.15) is 6.10 Å². The van der Waals surface area contributed by atoms with E-state index in [1.165, 1.54) is 12.1 Å². The summed E-state index contributed by atoms with van der Waals surface area (Å²) in [6.07, 6.45) is -0.431. The maximum atomic E-state index is 12.1. The molecule has 3 atom stereocenters. The van der Waals surface area contributed by atoms with Crippen LogP contribution in [0.15, 0.2) is 29.2 Å². The van der Waals surface area contributed by atoms with Gasteiger partial charge in [-0.05, 0) is 32.9 Å². The molecule has 0 saturated carbocycles. The zero-order valence-electron chi connectivity index (χ0n) is 12.8. The molecule has 1 aromatic carbocycles. The molecule has 6 nitrogen and oxygen atoms in total. The third-order valence-electron chi connectivity index (χ3n) is 3.68. The monoisotopic (exact) mass is 328 g/mol. The van der Waals surface area contributed by atoms with Crippen molar-refractivity contribution in [2.45, 2.75) is 56.4 Å². The van der Waals surface area contributed by atoms with Gasteiger partial charge in [-0.1, -0.05) is 17.7 Å². The van der Waals surface area contributed by atoms with E-state index in [-0.39, 0.29) is 23.7 Å². The summed E-state index contributed by atoms with van der Waals surface area (Å²) < 4.78 is 46.2. The Morgan fingerprint density at radius 1 is 1.23 bits per heavy atom. The van der Waals surface area contributed by atoms with E-state index in [1.807, 2.05) is 20.8 Å². The molecule has 0 unspecified atom stereocenters. The number of aryl methyl sites for hydroxylation is 1. The fourth-order valence-electron chi connectivity index (χ4n) is 2.63. The second-order valence-corrected chi connectivity index (χ2v) is 7.70. The molecule has 0 aromatic heterocycles. The molecule has 2 aliphatic heterocycles. The van der Waals surface area contributed by atoms with Crippen LogP contribution in [-0.4, -0.2) is 39.3 Å². The van der Waals surface area contributed by atoms with Gasteiger partial charge in [-0.15, -0.1) is 0 Å². The summed E-state index contributed by atoms with van der Waals surface area (Å²) in [5.41, 5.74) is 0.989. The van der Waals surface area contributed by atoms with Crippen molar-refractivity contribution in [1.29, 1.82) is 0 Å². The second-order valence-electron chi connectivity index (χ2n) is 6.09. The summed E-state index contributed by atoms with van der Waals surface area (Å²) in [7, 11) is -3.77. The predicted octanol–water partition coefficient (Wildman–Crippen LogP) is 1.97. The van der Waals surface area contributed by atoms with Crippen LogP contribution >= 0.6 is 0 Å². The number of fused-ring (bicyclic) bond motifs is 1. The minimum absolute atomic E-state index is 0.0453. The molecule has 0 bridgehead atoms. The lowest BCUT2D eigenvalue weighted by Gasteiger charge is -2.20. The standard InChI is InChI=1S/C15H20O6S/c1-10-4-6-12(7-5-10)22(16,17)18-9-11-8-13-14(19-11)21-15(2,3)20-13/h4-7,11,13-14H,8-9H2,1-3H3/t11-,13+,14+/m0/s1. The second kappa shape index (κ2) is 5.58. The third kappa shape index (κ3) is 3.33. The first-order chi connectivity index (χ1) is 10.3. The molecule has 0 radical (unpaired) electrons. The van der Waals surface area contributed by atoms with Crippen LogP contribution in [-0.2, 0) is 28.5 Å². The highest BCUT2D eigenvalue weighted by molar-refractivity contribution is 7.86. The van der Waals surface area contributed by atoms with Crippen LogP contribution < -0.4 is 0 Å². The average Bonchev–Trinajstić information content (AvgIpc) is 2.90. The summed E-state index contributed by atoms with van der Waals surface area (Å²) in [6, 6.07) is 6.53. The number of hydrogen-bond donors (Lipinski definition) is 0. The van der Waals surface area contributed by atoms with E-state index in [0.717, 1.165) is 5.56 Å². The minimum atomic E-state index is -3.77. The van der Waals surface area contributed by atoms with Crippen molar-refractivity contribution in [2.75, 3.05) is 6.61 Å². The first kappa shape index (κ1) is 15.9. The zero-order chi connectivity index (χ0) is 16.0.